The molecule has 0 aliphatic carbocycles. The van der Waals surface area contributed by atoms with Crippen molar-refractivity contribution in [3.8, 4) is 0 Å². The fraction of sp³-hybridized carbons (Fsp3) is 0.611. The van der Waals surface area contributed by atoms with Crippen LogP contribution in [0.25, 0.3) is 0 Å². The number of allylic oxidation sites excluding steroid dienone is 3. The molecule has 0 N–H and O–H groups in total. The lowest BCUT2D eigenvalue weighted by atomic mass is 9.85. The number of carbonyl (C=O) groups excluding carboxylic acids is 1. The monoisotopic (exact) mass is 275 g/mol. The van der Waals surface area contributed by atoms with E-state index in [1.807, 2.05) is 39.1 Å². The van der Waals surface area contributed by atoms with Crippen molar-refractivity contribution in [1.82, 2.24) is 4.90 Å². The highest BCUT2D eigenvalue weighted by Crippen LogP contribution is 2.26. The minimum atomic E-state index is -0.341. The van der Waals surface area contributed by atoms with Crippen molar-refractivity contribution in [3.05, 3.63) is 36.2 Å². The number of ketones is 1. The third-order valence-electron chi connectivity index (χ3n) is 3.39. The molecule has 2 heteroatoms. The second-order valence-corrected chi connectivity index (χ2v) is 7.85. The van der Waals surface area contributed by atoms with Crippen LogP contribution in [0.4, 0.5) is 0 Å². The van der Waals surface area contributed by atoms with Gasteiger partial charge in [-0.15, -0.1) is 0 Å². The molecular formula is C18H29NO. The standard InChI is InChI=1S/C18H29NO/c1-14-9-10-15(16(20)18(5,6)7)13-19(14)12-8-11-17(2,3)4/h9-10,13H,1,8,11-12H2,2-7H3. The molecule has 20 heavy (non-hydrogen) atoms. The van der Waals surface area contributed by atoms with Gasteiger partial charge in [-0.05, 0) is 30.4 Å². The molecule has 0 unspecified atom stereocenters. The Labute approximate surface area is 124 Å². The fourth-order valence-electron chi connectivity index (χ4n) is 2.13. The maximum atomic E-state index is 12.3. The Kier molecular flexibility index (Phi) is 5.01. The number of hydrogen-bond donors (Lipinski definition) is 0. The SMILES string of the molecule is C=C1C=CC(C(=O)C(C)(C)C)=CN1CCCC(C)(C)C. The highest BCUT2D eigenvalue weighted by molar-refractivity contribution is 6.01. The quantitative estimate of drug-likeness (QED) is 0.741. The van der Waals surface area contributed by atoms with Gasteiger partial charge >= 0.3 is 0 Å². The minimum absolute atomic E-state index is 0.182. The molecule has 0 saturated carbocycles. The molecule has 0 saturated heterocycles. The van der Waals surface area contributed by atoms with Crippen molar-refractivity contribution in [2.24, 2.45) is 10.8 Å². The second-order valence-electron chi connectivity index (χ2n) is 7.85. The highest BCUT2D eigenvalue weighted by atomic mass is 16.1. The lowest BCUT2D eigenvalue weighted by Crippen LogP contribution is -2.27. The Morgan fingerprint density at radius 1 is 1.15 bits per heavy atom. The zero-order chi connectivity index (χ0) is 15.6. The molecule has 0 spiro atoms. The Morgan fingerprint density at radius 3 is 2.25 bits per heavy atom. The van der Waals surface area contributed by atoms with Crippen molar-refractivity contribution in [2.45, 2.75) is 54.4 Å². The van der Waals surface area contributed by atoms with Crippen molar-refractivity contribution in [3.63, 3.8) is 0 Å². The number of rotatable bonds is 4. The van der Waals surface area contributed by atoms with Gasteiger partial charge in [0, 0.05) is 29.4 Å². The van der Waals surface area contributed by atoms with Crippen molar-refractivity contribution in [2.75, 3.05) is 6.54 Å². The average molecular weight is 275 g/mol. The molecule has 0 aromatic heterocycles. The predicted octanol–water partition coefficient (Wildman–Crippen LogP) is 4.70. The van der Waals surface area contributed by atoms with Gasteiger partial charge in [0.1, 0.15) is 0 Å². The van der Waals surface area contributed by atoms with E-state index >= 15 is 0 Å². The molecule has 0 aromatic carbocycles. The van der Waals surface area contributed by atoms with Gasteiger partial charge in [0.2, 0.25) is 0 Å². The first-order valence-electron chi connectivity index (χ1n) is 7.41. The molecule has 0 radical (unpaired) electrons. The zero-order valence-corrected chi connectivity index (χ0v) is 13.9. The summed E-state index contributed by atoms with van der Waals surface area (Å²) in [6, 6.07) is 0. The van der Waals surface area contributed by atoms with Crippen LogP contribution in [-0.4, -0.2) is 17.2 Å². The van der Waals surface area contributed by atoms with Crippen LogP contribution in [0.2, 0.25) is 0 Å². The summed E-state index contributed by atoms with van der Waals surface area (Å²) in [6.45, 7) is 17.6. The molecule has 0 amide bonds. The van der Waals surface area contributed by atoms with Crippen LogP contribution in [-0.2, 0) is 4.79 Å². The lowest BCUT2D eigenvalue weighted by molar-refractivity contribution is -0.122. The van der Waals surface area contributed by atoms with Gasteiger partial charge in [0.25, 0.3) is 0 Å². The molecule has 1 rings (SSSR count). The Bertz CT molecular complexity index is 441. The van der Waals surface area contributed by atoms with E-state index in [1.54, 1.807) is 0 Å². The number of Topliss-reactive ketones (excluding diaryl/α,β-unsaturated/α-hetero) is 1. The van der Waals surface area contributed by atoms with Crippen LogP contribution in [0.5, 0.6) is 0 Å². The van der Waals surface area contributed by atoms with E-state index in [4.69, 9.17) is 0 Å². The summed E-state index contributed by atoms with van der Waals surface area (Å²) >= 11 is 0. The number of hydrogen-bond acceptors (Lipinski definition) is 2. The molecule has 0 bridgehead atoms. The smallest absolute Gasteiger partial charge is 0.169 e. The van der Waals surface area contributed by atoms with Gasteiger partial charge < -0.3 is 4.90 Å². The first-order valence-corrected chi connectivity index (χ1v) is 7.41. The normalized spacial score (nSPS) is 16.4. The maximum Gasteiger partial charge on any atom is 0.169 e. The fourth-order valence-corrected chi connectivity index (χ4v) is 2.13. The van der Waals surface area contributed by atoms with Crippen LogP contribution in [0.3, 0.4) is 0 Å². The zero-order valence-electron chi connectivity index (χ0n) is 13.9. The molecule has 0 aromatic rings. The topological polar surface area (TPSA) is 20.3 Å². The third-order valence-corrected chi connectivity index (χ3v) is 3.39. The van der Waals surface area contributed by atoms with Gasteiger partial charge in [0.05, 0.1) is 0 Å². The summed E-state index contributed by atoms with van der Waals surface area (Å²) in [6.07, 6.45) is 8.05. The maximum absolute atomic E-state index is 12.3. The molecule has 2 nitrogen and oxygen atoms in total. The van der Waals surface area contributed by atoms with Gasteiger partial charge in [-0.1, -0.05) is 48.1 Å². The summed E-state index contributed by atoms with van der Waals surface area (Å²) in [7, 11) is 0. The first-order chi connectivity index (χ1) is 9.00. The molecule has 0 atom stereocenters. The van der Waals surface area contributed by atoms with E-state index in [-0.39, 0.29) is 11.2 Å². The van der Waals surface area contributed by atoms with Gasteiger partial charge in [-0.3, -0.25) is 4.79 Å². The van der Waals surface area contributed by atoms with Gasteiger partial charge in [-0.2, -0.15) is 0 Å². The predicted molar refractivity (Wildman–Crippen MR) is 86.2 cm³/mol. The Balaban J connectivity index is 2.72. The van der Waals surface area contributed by atoms with Crippen molar-refractivity contribution >= 4 is 5.78 Å². The van der Waals surface area contributed by atoms with E-state index < -0.39 is 0 Å². The van der Waals surface area contributed by atoms with E-state index in [2.05, 4.69) is 32.3 Å². The number of carbonyl (C=O) groups is 1. The number of nitrogens with zero attached hydrogens (tertiary/aromatic N) is 1. The van der Waals surface area contributed by atoms with E-state index in [0.717, 1.165) is 30.7 Å². The highest BCUT2D eigenvalue weighted by Gasteiger charge is 2.25. The van der Waals surface area contributed by atoms with Gasteiger partial charge in [0.15, 0.2) is 5.78 Å². The largest absolute Gasteiger partial charge is 0.348 e. The minimum Gasteiger partial charge on any atom is -0.348 e. The van der Waals surface area contributed by atoms with Gasteiger partial charge in [-0.25, -0.2) is 0 Å². The summed E-state index contributed by atoms with van der Waals surface area (Å²) in [4.78, 5) is 14.4. The summed E-state index contributed by atoms with van der Waals surface area (Å²) in [5.41, 5.74) is 1.75. The van der Waals surface area contributed by atoms with E-state index in [9.17, 15) is 4.79 Å². The second kappa shape index (κ2) is 5.99. The van der Waals surface area contributed by atoms with Crippen LogP contribution in [0.15, 0.2) is 36.2 Å². The first kappa shape index (κ1) is 16.7. The van der Waals surface area contributed by atoms with E-state index in [1.165, 1.54) is 0 Å². The molecule has 1 heterocycles. The summed E-state index contributed by atoms with van der Waals surface area (Å²) in [5.74, 6) is 0.182. The molecular weight excluding hydrogens is 246 g/mol. The molecule has 0 fully saturated rings. The molecule has 1 aliphatic rings. The summed E-state index contributed by atoms with van der Waals surface area (Å²) < 4.78 is 0. The van der Waals surface area contributed by atoms with Crippen LogP contribution in [0, 0.1) is 10.8 Å². The molecule has 112 valence electrons. The summed E-state index contributed by atoms with van der Waals surface area (Å²) in [5, 5.41) is 0. The molecule has 1 aliphatic heterocycles. The van der Waals surface area contributed by atoms with Crippen molar-refractivity contribution in [1.29, 1.82) is 0 Å². The van der Waals surface area contributed by atoms with Crippen LogP contribution < -0.4 is 0 Å². The van der Waals surface area contributed by atoms with Crippen molar-refractivity contribution < 1.29 is 4.79 Å². The Hall–Kier alpha value is -1.31. The third kappa shape index (κ3) is 4.99. The van der Waals surface area contributed by atoms with Crippen LogP contribution in [0.1, 0.15) is 54.4 Å². The van der Waals surface area contributed by atoms with E-state index in [0.29, 0.717) is 5.41 Å². The van der Waals surface area contributed by atoms with Crippen LogP contribution >= 0.6 is 0 Å². The lowest BCUT2D eigenvalue weighted by Gasteiger charge is -2.28. The Morgan fingerprint density at radius 2 is 1.75 bits per heavy atom. The average Bonchev–Trinajstić information content (AvgIpc) is 2.28.